The maximum absolute atomic E-state index is 9.68. The van der Waals surface area contributed by atoms with Crippen LogP contribution in [-0.4, -0.2) is 17.3 Å². The third-order valence-electron chi connectivity index (χ3n) is 2.69. The molecule has 1 saturated carbocycles. The van der Waals surface area contributed by atoms with Crippen molar-refractivity contribution in [3.8, 4) is 0 Å². The second-order valence-electron chi connectivity index (χ2n) is 3.73. The van der Waals surface area contributed by atoms with Crippen molar-refractivity contribution < 1.29 is 5.11 Å². The van der Waals surface area contributed by atoms with E-state index in [4.69, 9.17) is 0 Å². The van der Waals surface area contributed by atoms with Crippen LogP contribution in [0.5, 0.6) is 0 Å². The Morgan fingerprint density at radius 3 is 2.71 bits per heavy atom. The highest BCUT2D eigenvalue weighted by atomic mass is 127. The Morgan fingerprint density at radius 2 is 2.07 bits per heavy atom. The molecule has 14 heavy (non-hydrogen) atoms. The van der Waals surface area contributed by atoms with Gasteiger partial charge in [-0.3, -0.25) is 0 Å². The molecule has 1 aliphatic carbocycles. The van der Waals surface area contributed by atoms with Gasteiger partial charge in [-0.2, -0.15) is 0 Å². The summed E-state index contributed by atoms with van der Waals surface area (Å²) in [7, 11) is 0. The minimum Gasteiger partial charge on any atom is -0.391 e. The van der Waals surface area contributed by atoms with Gasteiger partial charge in [-0.25, -0.2) is 0 Å². The number of hydrogen-bond donors (Lipinski definition) is 2. The third kappa shape index (κ3) is 2.20. The highest BCUT2D eigenvalue weighted by Crippen LogP contribution is 2.25. The van der Waals surface area contributed by atoms with Crippen LogP contribution in [0, 0.1) is 3.57 Å². The quantitative estimate of drug-likeness (QED) is 0.823. The molecule has 0 amide bonds. The Balaban J connectivity index is 2.07. The lowest BCUT2D eigenvalue weighted by atomic mass is 10.2. The SMILES string of the molecule is O[C@@H]1CCC[C@H]1Nc1ccccc1I. The average Bonchev–Trinajstić information content (AvgIpc) is 2.56. The molecule has 0 bridgehead atoms. The van der Waals surface area contributed by atoms with Crippen molar-refractivity contribution >= 4 is 28.3 Å². The molecular weight excluding hydrogens is 289 g/mol. The summed E-state index contributed by atoms with van der Waals surface area (Å²) in [6, 6.07) is 8.42. The van der Waals surface area contributed by atoms with E-state index in [1.54, 1.807) is 0 Å². The Morgan fingerprint density at radius 1 is 1.29 bits per heavy atom. The first kappa shape index (κ1) is 10.2. The van der Waals surface area contributed by atoms with Crippen LogP contribution in [-0.2, 0) is 0 Å². The van der Waals surface area contributed by atoms with Gasteiger partial charge < -0.3 is 10.4 Å². The zero-order valence-corrected chi connectivity index (χ0v) is 10.1. The molecule has 0 saturated heterocycles. The maximum atomic E-state index is 9.68. The molecular formula is C11H14INO. The van der Waals surface area contributed by atoms with E-state index in [0.29, 0.717) is 0 Å². The van der Waals surface area contributed by atoms with E-state index in [9.17, 15) is 5.11 Å². The molecule has 1 aliphatic rings. The fraction of sp³-hybridized carbons (Fsp3) is 0.455. The van der Waals surface area contributed by atoms with E-state index < -0.39 is 0 Å². The monoisotopic (exact) mass is 303 g/mol. The van der Waals surface area contributed by atoms with Gasteiger partial charge in [-0.05, 0) is 54.0 Å². The molecule has 0 aromatic heterocycles. The van der Waals surface area contributed by atoms with Crippen molar-refractivity contribution in [1.82, 2.24) is 0 Å². The molecule has 0 unspecified atom stereocenters. The standard InChI is InChI=1S/C11H14INO/c12-8-4-1-2-5-9(8)13-10-6-3-7-11(10)14/h1-2,4-5,10-11,13-14H,3,6-7H2/t10-,11-/m1/s1. The number of hydrogen-bond acceptors (Lipinski definition) is 2. The van der Waals surface area contributed by atoms with E-state index >= 15 is 0 Å². The van der Waals surface area contributed by atoms with Crippen molar-refractivity contribution in [2.45, 2.75) is 31.4 Å². The Labute approximate surface area is 97.9 Å². The number of benzene rings is 1. The lowest BCUT2D eigenvalue weighted by Crippen LogP contribution is -2.28. The smallest absolute Gasteiger partial charge is 0.0741 e. The zero-order valence-electron chi connectivity index (χ0n) is 7.91. The summed E-state index contributed by atoms with van der Waals surface area (Å²) in [4.78, 5) is 0. The predicted molar refractivity (Wildman–Crippen MR) is 66.4 cm³/mol. The second-order valence-corrected chi connectivity index (χ2v) is 4.89. The molecule has 2 rings (SSSR count). The molecule has 0 aliphatic heterocycles. The van der Waals surface area contributed by atoms with Crippen LogP contribution in [0.1, 0.15) is 19.3 Å². The van der Waals surface area contributed by atoms with Crippen molar-refractivity contribution in [1.29, 1.82) is 0 Å². The van der Waals surface area contributed by atoms with Gasteiger partial charge in [-0.1, -0.05) is 12.1 Å². The summed E-state index contributed by atoms with van der Waals surface area (Å²) in [5, 5.41) is 13.1. The molecule has 0 heterocycles. The van der Waals surface area contributed by atoms with E-state index in [1.165, 1.54) is 3.57 Å². The third-order valence-corrected chi connectivity index (χ3v) is 3.63. The van der Waals surface area contributed by atoms with Crippen molar-refractivity contribution in [2.24, 2.45) is 0 Å². The number of nitrogens with one attached hydrogen (secondary N) is 1. The zero-order chi connectivity index (χ0) is 9.97. The number of para-hydroxylation sites is 1. The number of aliphatic hydroxyl groups excluding tert-OH is 1. The summed E-state index contributed by atoms with van der Waals surface area (Å²) in [6.07, 6.45) is 2.96. The second kappa shape index (κ2) is 4.49. The number of rotatable bonds is 2. The van der Waals surface area contributed by atoms with Crippen molar-refractivity contribution in [3.05, 3.63) is 27.8 Å². The topological polar surface area (TPSA) is 32.3 Å². The molecule has 0 radical (unpaired) electrons. The van der Waals surface area contributed by atoms with Gasteiger partial charge in [0.1, 0.15) is 0 Å². The largest absolute Gasteiger partial charge is 0.391 e. The van der Waals surface area contributed by atoms with E-state index in [0.717, 1.165) is 24.9 Å². The molecule has 1 aromatic carbocycles. The average molecular weight is 303 g/mol. The minimum absolute atomic E-state index is 0.175. The van der Waals surface area contributed by atoms with Gasteiger partial charge in [0.2, 0.25) is 0 Å². The van der Waals surface area contributed by atoms with Crippen LogP contribution in [0.4, 0.5) is 5.69 Å². The number of aliphatic hydroxyl groups is 1. The first-order valence-electron chi connectivity index (χ1n) is 4.96. The van der Waals surface area contributed by atoms with E-state index in [2.05, 4.69) is 40.0 Å². The molecule has 0 spiro atoms. The van der Waals surface area contributed by atoms with Crippen LogP contribution in [0.3, 0.4) is 0 Å². The molecule has 1 fully saturated rings. The predicted octanol–water partition coefficient (Wildman–Crippen LogP) is 2.62. The van der Waals surface area contributed by atoms with Gasteiger partial charge in [0, 0.05) is 9.26 Å². The van der Waals surface area contributed by atoms with E-state index in [-0.39, 0.29) is 12.1 Å². The summed E-state index contributed by atoms with van der Waals surface area (Å²) >= 11 is 2.31. The lowest BCUT2D eigenvalue weighted by molar-refractivity contribution is 0.172. The molecule has 2 atom stereocenters. The highest BCUT2D eigenvalue weighted by Gasteiger charge is 2.25. The van der Waals surface area contributed by atoms with Crippen LogP contribution in [0.2, 0.25) is 0 Å². The Bertz CT molecular complexity index is 316. The summed E-state index contributed by atoms with van der Waals surface area (Å²) in [5.74, 6) is 0. The maximum Gasteiger partial charge on any atom is 0.0741 e. The van der Waals surface area contributed by atoms with Gasteiger partial charge in [-0.15, -0.1) is 0 Å². The lowest BCUT2D eigenvalue weighted by Gasteiger charge is -2.18. The van der Waals surface area contributed by atoms with Crippen molar-refractivity contribution in [2.75, 3.05) is 5.32 Å². The minimum atomic E-state index is -0.175. The fourth-order valence-corrected chi connectivity index (χ4v) is 2.43. The van der Waals surface area contributed by atoms with Crippen molar-refractivity contribution in [3.63, 3.8) is 0 Å². The molecule has 2 N–H and O–H groups in total. The molecule has 3 heteroatoms. The highest BCUT2D eigenvalue weighted by molar-refractivity contribution is 14.1. The normalized spacial score (nSPS) is 26.4. The Hall–Kier alpha value is -0.290. The van der Waals surface area contributed by atoms with Gasteiger partial charge >= 0.3 is 0 Å². The molecule has 2 nitrogen and oxygen atoms in total. The fourth-order valence-electron chi connectivity index (χ4n) is 1.89. The van der Waals surface area contributed by atoms with Crippen LogP contribution in [0.15, 0.2) is 24.3 Å². The van der Waals surface area contributed by atoms with Gasteiger partial charge in [0.05, 0.1) is 12.1 Å². The van der Waals surface area contributed by atoms with E-state index in [1.807, 2.05) is 12.1 Å². The van der Waals surface area contributed by atoms with Gasteiger partial charge in [0.15, 0.2) is 0 Å². The summed E-state index contributed by atoms with van der Waals surface area (Å²) in [6.45, 7) is 0. The summed E-state index contributed by atoms with van der Waals surface area (Å²) in [5.41, 5.74) is 1.14. The van der Waals surface area contributed by atoms with Crippen LogP contribution >= 0.6 is 22.6 Å². The molecule has 76 valence electrons. The molecule has 1 aromatic rings. The first-order valence-corrected chi connectivity index (χ1v) is 6.04. The first-order chi connectivity index (χ1) is 6.77. The Kier molecular flexibility index (Phi) is 3.28. The number of halogens is 1. The summed E-state index contributed by atoms with van der Waals surface area (Å²) < 4.78 is 1.21. The van der Waals surface area contributed by atoms with Gasteiger partial charge in [0.25, 0.3) is 0 Å². The van der Waals surface area contributed by atoms with Crippen LogP contribution in [0.25, 0.3) is 0 Å². The van der Waals surface area contributed by atoms with Crippen LogP contribution < -0.4 is 5.32 Å². The number of anilines is 1.